The van der Waals surface area contributed by atoms with Crippen molar-refractivity contribution in [3.8, 4) is 0 Å². The van der Waals surface area contributed by atoms with Crippen LogP contribution < -0.4 is 5.32 Å². The SMILES string of the molecule is CCc1ccc(NC(=O)CSc2ncnc3sc4c(c23)CC[C@H](C)C4)cc1. The van der Waals surface area contributed by atoms with Gasteiger partial charge in [0.15, 0.2) is 0 Å². The van der Waals surface area contributed by atoms with Crippen LogP contribution in [0, 0.1) is 5.92 Å². The van der Waals surface area contributed by atoms with Gasteiger partial charge in [0.2, 0.25) is 5.91 Å². The molecule has 0 radical (unpaired) electrons. The standard InChI is InChI=1S/C21H23N3OS2/c1-3-14-5-7-15(8-6-14)24-18(25)11-26-20-19-16-9-4-13(2)10-17(16)27-21(19)23-12-22-20/h5-8,12-13H,3-4,9-11H2,1-2H3,(H,24,25)/t13-/m0/s1. The maximum absolute atomic E-state index is 12.4. The lowest BCUT2D eigenvalue weighted by Gasteiger charge is -2.18. The van der Waals surface area contributed by atoms with Gasteiger partial charge in [0.1, 0.15) is 16.2 Å². The monoisotopic (exact) mass is 397 g/mol. The van der Waals surface area contributed by atoms with Crippen molar-refractivity contribution in [2.45, 2.75) is 44.6 Å². The summed E-state index contributed by atoms with van der Waals surface area (Å²) in [5.74, 6) is 1.08. The van der Waals surface area contributed by atoms with Crippen LogP contribution in [0.1, 0.15) is 36.3 Å². The maximum Gasteiger partial charge on any atom is 0.234 e. The van der Waals surface area contributed by atoms with Gasteiger partial charge in [0.05, 0.1) is 5.75 Å². The molecule has 1 aliphatic rings. The third-order valence-electron chi connectivity index (χ3n) is 5.04. The molecule has 0 spiro atoms. The van der Waals surface area contributed by atoms with Gasteiger partial charge in [0.25, 0.3) is 0 Å². The summed E-state index contributed by atoms with van der Waals surface area (Å²) in [6.07, 6.45) is 6.06. The number of carbonyl (C=O) groups excluding carboxylic acids is 1. The highest BCUT2D eigenvalue weighted by Crippen LogP contribution is 2.40. The van der Waals surface area contributed by atoms with E-state index in [9.17, 15) is 4.79 Å². The first-order valence-electron chi connectivity index (χ1n) is 9.41. The minimum absolute atomic E-state index is 0.00581. The van der Waals surface area contributed by atoms with Gasteiger partial charge in [-0.1, -0.05) is 37.7 Å². The average Bonchev–Trinajstić information content (AvgIpc) is 3.05. The second-order valence-corrected chi connectivity index (χ2v) is 9.15. The van der Waals surface area contributed by atoms with E-state index in [-0.39, 0.29) is 5.91 Å². The second-order valence-electron chi connectivity index (χ2n) is 7.10. The van der Waals surface area contributed by atoms with Crippen molar-refractivity contribution in [3.63, 3.8) is 0 Å². The van der Waals surface area contributed by atoms with Gasteiger partial charge in [-0.2, -0.15) is 0 Å². The molecule has 0 aliphatic heterocycles. The Bertz CT molecular complexity index is 965. The van der Waals surface area contributed by atoms with E-state index < -0.39 is 0 Å². The molecule has 0 bridgehead atoms. The number of aromatic nitrogens is 2. The number of thiophene rings is 1. The molecule has 0 saturated carbocycles. The smallest absolute Gasteiger partial charge is 0.234 e. The molecule has 2 heterocycles. The Morgan fingerprint density at radius 3 is 2.89 bits per heavy atom. The zero-order chi connectivity index (χ0) is 18.8. The minimum Gasteiger partial charge on any atom is -0.325 e. The van der Waals surface area contributed by atoms with Crippen molar-refractivity contribution < 1.29 is 4.79 Å². The van der Waals surface area contributed by atoms with E-state index >= 15 is 0 Å². The van der Waals surface area contributed by atoms with Crippen LogP contribution >= 0.6 is 23.1 Å². The van der Waals surface area contributed by atoms with E-state index in [0.717, 1.165) is 40.7 Å². The third-order valence-corrected chi connectivity index (χ3v) is 7.19. The molecule has 1 aliphatic carbocycles. The molecule has 1 amide bonds. The van der Waals surface area contributed by atoms with Crippen LogP contribution in [-0.2, 0) is 24.1 Å². The van der Waals surface area contributed by atoms with Crippen molar-refractivity contribution in [1.29, 1.82) is 0 Å². The zero-order valence-corrected chi connectivity index (χ0v) is 17.3. The summed E-state index contributed by atoms with van der Waals surface area (Å²) in [6, 6.07) is 8.02. The van der Waals surface area contributed by atoms with E-state index in [1.54, 1.807) is 17.7 Å². The summed E-state index contributed by atoms with van der Waals surface area (Å²) in [5, 5.41) is 5.08. The topological polar surface area (TPSA) is 54.9 Å². The van der Waals surface area contributed by atoms with Gasteiger partial charge < -0.3 is 5.32 Å². The minimum atomic E-state index is -0.00581. The molecule has 4 nitrogen and oxygen atoms in total. The van der Waals surface area contributed by atoms with Crippen LogP contribution in [0.25, 0.3) is 10.2 Å². The average molecular weight is 398 g/mol. The molecule has 140 valence electrons. The quantitative estimate of drug-likeness (QED) is 0.480. The molecular formula is C21H23N3OS2. The zero-order valence-electron chi connectivity index (χ0n) is 15.6. The summed E-state index contributed by atoms with van der Waals surface area (Å²) in [6.45, 7) is 4.43. The van der Waals surface area contributed by atoms with Crippen molar-refractivity contribution in [2.75, 3.05) is 11.1 Å². The van der Waals surface area contributed by atoms with E-state index in [1.807, 2.05) is 12.1 Å². The number of amides is 1. The predicted molar refractivity (Wildman–Crippen MR) is 114 cm³/mol. The molecule has 3 aromatic rings. The number of nitrogens with zero attached hydrogens (tertiary/aromatic N) is 2. The highest BCUT2D eigenvalue weighted by molar-refractivity contribution is 8.00. The molecule has 1 N–H and O–H groups in total. The summed E-state index contributed by atoms with van der Waals surface area (Å²) in [5.41, 5.74) is 3.52. The van der Waals surface area contributed by atoms with Crippen molar-refractivity contribution >= 4 is 44.9 Å². The van der Waals surface area contributed by atoms with Gasteiger partial charge in [-0.25, -0.2) is 9.97 Å². The van der Waals surface area contributed by atoms with E-state index in [4.69, 9.17) is 0 Å². The van der Waals surface area contributed by atoms with Crippen LogP contribution in [0.15, 0.2) is 35.6 Å². The number of benzene rings is 1. The number of hydrogen-bond acceptors (Lipinski definition) is 5. The van der Waals surface area contributed by atoms with E-state index in [1.165, 1.54) is 39.6 Å². The fraction of sp³-hybridized carbons (Fsp3) is 0.381. The van der Waals surface area contributed by atoms with Crippen molar-refractivity contribution in [3.05, 3.63) is 46.6 Å². The first-order valence-corrected chi connectivity index (χ1v) is 11.2. The maximum atomic E-state index is 12.4. The lowest BCUT2D eigenvalue weighted by molar-refractivity contribution is -0.113. The summed E-state index contributed by atoms with van der Waals surface area (Å²) in [7, 11) is 0. The Kier molecular flexibility index (Phi) is 5.45. The molecule has 6 heteroatoms. The Morgan fingerprint density at radius 2 is 2.11 bits per heavy atom. The number of carbonyl (C=O) groups is 1. The van der Waals surface area contributed by atoms with Gasteiger partial charge in [-0.05, 0) is 54.9 Å². The lowest BCUT2D eigenvalue weighted by atomic mass is 9.89. The van der Waals surface area contributed by atoms with Crippen LogP contribution in [0.5, 0.6) is 0 Å². The molecule has 2 aromatic heterocycles. The third kappa shape index (κ3) is 4.01. The second kappa shape index (κ2) is 7.98. The van der Waals surface area contributed by atoms with Gasteiger partial charge in [-0.15, -0.1) is 11.3 Å². The number of hydrogen-bond donors (Lipinski definition) is 1. The molecule has 1 atom stereocenters. The predicted octanol–water partition coefficient (Wildman–Crippen LogP) is 5.11. The molecule has 0 fully saturated rings. The normalized spacial score (nSPS) is 16.3. The van der Waals surface area contributed by atoms with Crippen LogP contribution in [0.2, 0.25) is 0 Å². The van der Waals surface area contributed by atoms with Crippen LogP contribution in [0.4, 0.5) is 5.69 Å². The number of thioether (sulfide) groups is 1. The highest BCUT2D eigenvalue weighted by atomic mass is 32.2. The Labute approximate surface area is 167 Å². The van der Waals surface area contributed by atoms with Crippen molar-refractivity contribution in [2.24, 2.45) is 5.92 Å². The molecular weight excluding hydrogens is 374 g/mol. The molecule has 4 rings (SSSR count). The van der Waals surface area contributed by atoms with Gasteiger partial charge in [-0.3, -0.25) is 4.79 Å². The van der Waals surface area contributed by atoms with Gasteiger partial charge >= 0.3 is 0 Å². The summed E-state index contributed by atoms with van der Waals surface area (Å²) >= 11 is 3.30. The molecule has 0 unspecified atom stereocenters. The first kappa shape index (κ1) is 18.4. The molecule has 1 aromatic carbocycles. The fourth-order valence-corrected chi connectivity index (χ4v) is 5.75. The van der Waals surface area contributed by atoms with Crippen molar-refractivity contribution in [1.82, 2.24) is 9.97 Å². The lowest BCUT2D eigenvalue weighted by Crippen LogP contribution is -2.14. The number of aryl methyl sites for hydroxylation is 2. The Balaban J connectivity index is 1.47. The Morgan fingerprint density at radius 1 is 1.30 bits per heavy atom. The Hall–Kier alpha value is -1.92. The largest absolute Gasteiger partial charge is 0.325 e. The summed E-state index contributed by atoms with van der Waals surface area (Å²) in [4.78, 5) is 23.8. The van der Waals surface area contributed by atoms with E-state index in [2.05, 4.69) is 41.3 Å². The van der Waals surface area contributed by atoms with E-state index in [0.29, 0.717) is 5.75 Å². The highest BCUT2D eigenvalue weighted by Gasteiger charge is 2.23. The number of anilines is 1. The fourth-order valence-electron chi connectivity index (χ4n) is 3.51. The molecule has 27 heavy (non-hydrogen) atoms. The summed E-state index contributed by atoms with van der Waals surface area (Å²) < 4.78 is 0. The first-order chi connectivity index (χ1) is 13.1. The van der Waals surface area contributed by atoms with Crippen LogP contribution in [0.3, 0.4) is 0 Å². The van der Waals surface area contributed by atoms with Crippen LogP contribution in [-0.4, -0.2) is 21.6 Å². The number of nitrogens with one attached hydrogen (secondary N) is 1. The van der Waals surface area contributed by atoms with Gasteiger partial charge in [0, 0.05) is 16.0 Å². The number of fused-ring (bicyclic) bond motifs is 3. The molecule has 0 saturated heterocycles. The number of rotatable bonds is 5.